The molecule has 2 atom stereocenters. The lowest BCUT2D eigenvalue weighted by atomic mass is 10.0. The van der Waals surface area contributed by atoms with Gasteiger partial charge in [-0.3, -0.25) is 4.79 Å². The molecule has 1 amide bonds. The first-order valence-electron chi connectivity index (χ1n) is 7.91. The summed E-state index contributed by atoms with van der Waals surface area (Å²) in [6.45, 7) is 4.17. The zero-order chi connectivity index (χ0) is 15.5. The highest BCUT2D eigenvalue weighted by Gasteiger charge is 2.31. The molecule has 0 saturated carbocycles. The number of likely N-dealkylation sites (tertiary alicyclic amines) is 1. The molecule has 5 heteroatoms. The fraction of sp³-hybridized carbons (Fsp3) is 0.588. The number of ether oxygens (including phenoxy) is 2. The molecule has 1 aromatic rings. The van der Waals surface area contributed by atoms with Crippen LogP contribution in [0, 0.1) is 0 Å². The lowest BCUT2D eigenvalue weighted by molar-refractivity contribution is -0.132. The van der Waals surface area contributed by atoms with Gasteiger partial charge in [0.1, 0.15) is 13.2 Å². The predicted octanol–water partition coefficient (Wildman–Crippen LogP) is 3.26. The molecule has 1 aromatic carbocycles. The second-order valence-corrected chi connectivity index (χ2v) is 7.17. The Labute approximate surface area is 136 Å². The Kier molecular flexibility index (Phi) is 4.81. The van der Waals surface area contributed by atoms with Gasteiger partial charge in [-0.25, -0.2) is 0 Å². The lowest BCUT2D eigenvalue weighted by Crippen LogP contribution is -2.32. The fourth-order valence-electron chi connectivity index (χ4n) is 3.13. The molecule has 120 valence electrons. The molecule has 1 fully saturated rings. The number of nitrogens with zero attached hydrogens (tertiary/aromatic N) is 1. The first-order valence-corrected chi connectivity index (χ1v) is 9.19. The summed E-state index contributed by atoms with van der Waals surface area (Å²) >= 11 is 1.74. The summed E-state index contributed by atoms with van der Waals surface area (Å²) in [6, 6.07) is 6.26. The Bertz CT molecular complexity index is 549. The van der Waals surface area contributed by atoms with E-state index in [9.17, 15) is 4.79 Å². The number of thioether (sulfide) groups is 1. The third-order valence-corrected chi connectivity index (χ3v) is 5.36. The summed E-state index contributed by atoms with van der Waals surface area (Å²) in [5.41, 5.74) is 1.16. The van der Waals surface area contributed by atoms with Gasteiger partial charge in [-0.2, -0.15) is 11.8 Å². The van der Waals surface area contributed by atoms with E-state index < -0.39 is 0 Å². The molecule has 4 nitrogen and oxygen atoms in total. The number of fused-ring (bicyclic) bond motifs is 1. The fourth-order valence-corrected chi connectivity index (χ4v) is 3.43. The maximum Gasteiger partial charge on any atom is 0.224 e. The third-order valence-electron chi connectivity index (χ3n) is 4.39. The van der Waals surface area contributed by atoms with Crippen molar-refractivity contribution < 1.29 is 14.3 Å². The summed E-state index contributed by atoms with van der Waals surface area (Å²) in [4.78, 5) is 14.6. The lowest BCUT2D eigenvalue weighted by Gasteiger charge is -2.27. The first-order chi connectivity index (χ1) is 10.7. The van der Waals surface area contributed by atoms with Crippen LogP contribution in [0.2, 0.25) is 0 Å². The molecule has 0 aromatic heterocycles. The molecule has 0 unspecified atom stereocenters. The molecule has 0 N–H and O–H groups in total. The molecule has 0 aliphatic carbocycles. The highest BCUT2D eigenvalue weighted by Crippen LogP contribution is 2.38. The number of rotatable bonds is 4. The van der Waals surface area contributed by atoms with Crippen molar-refractivity contribution in [2.45, 2.75) is 37.5 Å². The summed E-state index contributed by atoms with van der Waals surface area (Å²) < 4.78 is 11.2. The zero-order valence-corrected chi connectivity index (χ0v) is 14.0. The maximum absolute atomic E-state index is 12.5. The smallest absolute Gasteiger partial charge is 0.224 e. The van der Waals surface area contributed by atoms with E-state index in [-0.39, 0.29) is 11.9 Å². The van der Waals surface area contributed by atoms with Crippen LogP contribution < -0.4 is 9.47 Å². The van der Waals surface area contributed by atoms with Gasteiger partial charge >= 0.3 is 0 Å². The van der Waals surface area contributed by atoms with E-state index in [0.29, 0.717) is 24.9 Å². The monoisotopic (exact) mass is 321 g/mol. The highest BCUT2D eigenvalue weighted by molar-refractivity contribution is 7.99. The van der Waals surface area contributed by atoms with Crippen molar-refractivity contribution >= 4 is 17.7 Å². The van der Waals surface area contributed by atoms with Gasteiger partial charge < -0.3 is 14.4 Å². The van der Waals surface area contributed by atoms with E-state index >= 15 is 0 Å². The summed E-state index contributed by atoms with van der Waals surface area (Å²) in [6.07, 6.45) is 4.76. The molecule has 2 heterocycles. The zero-order valence-electron chi connectivity index (χ0n) is 13.2. The topological polar surface area (TPSA) is 38.8 Å². The minimum absolute atomic E-state index is 0.178. The van der Waals surface area contributed by atoms with Gasteiger partial charge in [-0.15, -0.1) is 0 Å². The van der Waals surface area contributed by atoms with Gasteiger partial charge in [0.05, 0.1) is 6.04 Å². The third kappa shape index (κ3) is 3.19. The molecule has 0 radical (unpaired) electrons. The minimum Gasteiger partial charge on any atom is -0.486 e. The number of hydrogen-bond acceptors (Lipinski definition) is 4. The van der Waals surface area contributed by atoms with Crippen LogP contribution in [0.5, 0.6) is 11.5 Å². The van der Waals surface area contributed by atoms with Gasteiger partial charge in [-0.05, 0) is 36.8 Å². The van der Waals surface area contributed by atoms with E-state index in [1.807, 2.05) is 17.0 Å². The van der Waals surface area contributed by atoms with Crippen molar-refractivity contribution in [1.82, 2.24) is 4.90 Å². The number of carbonyl (C=O) groups is 1. The van der Waals surface area contributed by atoms with Crippen LogP contribution in [-0.4, -0.2) is 42.1 Å². The molecule has 2 aliphatic rings. The largest absolute Gasteiger partial charge is 0.486 e. The average molecular weight is 321 g/mol. The molecule has 0 spiro atoms. The molecule has 3 rings (SSSR count). The Balaban J connectivity index is 1.76. The maximum atomic E-state index is 12.5. The Hall–Kier alpha value is -1.36. The van der Waals surface area contributed by atoms with E-state index in [0.717, 1.165) is 36.4 Å². The van der Waals surface area contributed by atoms with Gasteiger partial charge in [0, 0.05) is 18.2 Å². The summed E-state index contributed by atoms with van der Waals surface area (Å²) in [5.74, 6) is 1.88. The quantitative estimate of drug-likeness (QED) is 0.853. The minimum atomic E-state index is 0.178. The van der Waals surface area contributed by atoms with Crippen molar-refractivity contribution in [2.24, 2.45) is 0 Å². The van der Waals surface area contributed by atoms with Crippen LogP contribution in [0.4, 0.5) is 0 Å². The molecule has 22 heavy (non-hydrogen) atoms. The van der Waals surface area contributed by atoms with Crippen molar-refractivity contribution in [3.63, 3.8) is 0 Å². The van der Waals surface area contributed by atoms with Crippen LogP contribution in [0.3, 0.4) is 0 Å². The van der Waals surface area contributed by atoms with E-state index in [2.05, 4.69) is 19.2 Å². The Morgan fingerprint density at radius 3 is 2.91 bits per heavy atom. The van der Waals surface area contributed by atoms with Crippen LogP contribution in [0.1, 0.15) is 37.8 Å². The van der Waals surface area contributed by atoms with Crippen molar-refractivity contribution in [3.8, 4) is 11.5 Å². The Morgan fingerprint density at radius 2 is 2.14 bits per heavy atom. The molecular formula is C17H23NO3S. The van der Waals surface area contributed by atoms with Crippen molar-refractivity contribution in [3.05, 3.63) is 23.8 Å². The molecule has 2 aliphatic heterocycles. The molecule has 1 saturated heterocycles. The summed E-state index contributed by atoms with van der Waals surface area (Å²) in [7, 11) is 0. The van der Waals surface area contributed by atoms with E-state index in [1.165, 1.54) is 0 Å². The van der Waals surface area contributed by atoms with Crippen LogP contribution >= 0.6 is 11.8 Å². The number of benzene rings is 1. The second kappa shape index (κ2) is 6.82. The number of hydrogen-bond donors (Lipinski definition) is 0. The Morgan fingerprint density at radius 1 is 1.36 bits per heavy atom. The van der Waals surface area contributed by atoms with Crippen LogP contribution in [0.25, 0.3) is 0 Å². The van der Waals surface area contributed by atoms with Crippen LogP contribution in [0.15, 0.2) is 18.2 Å². The van der Waals surface area contributed by atoms with E-state index in [1.54, 1.807) is 11.8 Å². The van der Waals surface area contributed by atoms with Gasteiger partial charge in [0.2, 0.25) is 5.91 Å². The normalized spacial score (nSPS) is 21.7. The summed E-state index contributed by atoms with van der Waals surface area (Å²) in [5, 5.41) is 0.369. The van der Waals surface area contributed by atoms with Crippen molar-refractivity contribution in [2.75, 3.05) is 26.0 Å². The number of amides is 1. The van der Waals surface area contributed by atoms with Gasteiger partial charge in [-0.1, -0.05) is 13.0 Å². The average Bonchev–Trinajstić information content (AvgIpc) is 3.04. The number of carbonyl (C=O) groups excluding carboxylic acids is 1. The first kappa shape index (κ1) is 15.5. The predicted molar refractivity (Wildman–Crippen MR) is 88.7 cm³/mol. The van der Waals surface area contributed by atoms with Gasteiger partial charge in [0.25, 0.3) is 0 Å². The molecular weight excluding hydrogens is 298 g/mol. The van der Waals surface area contributed by atoms with Crippen LogP contribution in [-0.2, 0) is 4.79 Å². The van der Waals surface area contributed by atoms with Gasteiger partial charge in [0.15, 0.2) is 11.5 Å². The van der Waals surface area contributed by atoms with E-state index in [4.69, 9.17) is 9.47 Å². The SMILES string of the molecule is CS[C@@H](C)CC(=O)N1CCC[C@@H]1c1ccc2c(c1)OCCO2. The highest BCUT2D eigenvalue weighted by atomic mass is 32.2. The van der Waals surface area contributed by atoms with Crippen molar-refractivity contribution in [1.29, 1.82) is 0 Å². The molecule has 0 bridgehead atoms. The standard InChI is InChI=1S/C17H23NO3S/c1-12(22-2)10-17(19)18-7-3-4-14(18)13-5-6-15-16(11-13)21-9-8-20-15/h5-6,11-12,14H,3-4,7-10H2,1-2H3/t12-,14+/m0/s1. The second-order valence-electron chi connectivity index (χ2n) is 5.90.